The number of amides is 1. The number of aromatic nitrogens is 1. The van der Waals surface area contributed by atoms with Crippen LogP contribution in [0.3, 0.4) is 0 Å². The maximum absolute atomic E-state index is 12.9. The van der Waals surface area contributed by atoms with Gasteiger partial charge < -0.3 is 10.1 Å². The summed E-state index contributed by atoms with van der Waals surface area (Å²) in [5.74, 6) is 0.110. The van der Waals surface area contributed by atoms with E-state index < -0.39 is 0 Å². The van der Waals surface area contributed by atoms with Crippen molar-refractivity contribution in [3.8, 4) is 11.8 Å². The number of halogens is 1. The Hall–Kier alpha value is -3.11. The Balaban J connectivity index is 1.75. The minimum atomic E-state index is -0.369. The van der Waals surface area contributed by atoms with E-state index in [0.29, 0.717) is 27.5 Å². The number of benzene rings is 2. The van der Waals surface area contributed by atoms with Crippen molar-refractivity contribution in [3.63, 3.8) is 0 Å². The fourth-order valence-electron chi connectivity index (χ4n) is 2.31. The molecule has 1 heterocycles. The fourth-order valence-corrected chi connectivity index (χ4v) is 3.07. The van der Waals surface area contributed by atoms with Crippen molar-refractivity contribution in [2.75, 3.05) is 18.2 Å². The summed E-state index contributed by atoms with van der Waals surface area (Å²) in [5, 5.41) is 13.3. The van der Waals surface area contributed by atoms with Crippen molar-refractivity contribution in [2.24, 2.45) is 0 Å². The smallest absolute Gasteiger partial charge is 0.234 e. The molecule has 5 nitrogen and oxygen atoms in total. The Morgan fingerprint density at radius 3 is 2.73 bits per heavy atom. The molecule has 2 aromatic carbocycles. The molecule has 130 valence electrons. The van der Waals surface area contributed by atoms with E-state index in [2.05, 4.69) is 16.4 Å². The summed E-state index contributed by atoms with van der Waals surface area (Å²) in [4.78, 5) is 16.6. The molecule has 0 aliphatic rings. The number of nitrogens with one attached hydrogen (secondary N) is 1. The Kier molecular flexibility index (Phi) is 5.34. The van der Waals surface area contributed by atoms with Gasteiger partial charge in [0.05, 0.1) is 23.9 Å². The molecule has 0 spiro atoms. The van der Waals surface area contributed by atoms with E-state index in [1.54, 1.807) is 25.3 Å². The van der Waals surface area contributed by atoms with Gasteiger partial charge in [-0.15, -0.1) is 0 Å². The highest BCUT2D eigenvalue weighted by molar-refractivity contribution is 8.00. The van der Waals surface area contributed by atoms with E-state index in [4.69, 9.17) is 4.74 Å². The number of nitrogens with zero attached hydrogens (tertiary/aromatic N) is 2. The highest BCUT2D eigenvalue weighted by Crippen LogP contribution is 2.27. The molecule has 0 aliphatic heterocycles. The summed E-state index contributed by atoms with van der Waals surface area (Å²) in [6.45, 7) is 0. The molecule has 3 aromatic rings. The number of carbonyl (C=O) groups excluding carboxylic acids is 1. The molecular formula is C19H14FN3O2S. The predicted molar refractivity (Wildman–Crippen MR) is 98.8 cm³/mol. The lowest BCUT2D eigenvalue weighted by Crippen LogP contribution is -2.14. The van der Waals surface area contributed by atoms with Crippen LogP contribution in [0.5, 0.6) is 5.75 Å². The number of carbonyl (C=O) groups is 1. The van der Waals surface area contributed by atoms with Crippen molar-refractivity contribution in [2.45, 2.75) is 5.03 Å². The zero-order chi connectivity index (χ0) is 18.5. The number of hydrogen-bond acceptors (Lipinski definition) is 5. The number of thioether (sulfide) groups is 1. The van der Waals surface area contributed by atoms with Crippen molar-refractivity contribution < 1.29 is 13.9 Å². The number of anilines is 1. The fraction of sp³-hybridized carbons (Fsp3) is 0.105. The van der Waals surface area contributed by atoms with Crippen molar-refractivity contribution in [3.05, 3.63) is 59.9 Å². The molecule has 1 N–H and O–H groups in total. The highest BCUT2D eigenvalue weighted by Gasteiger charge is 2.11. The van der Waals surface area contributed by atoms with Crippen LogP contribution in [-0.2, 0) is 4.79 Å². The standard InChI is InChI=1S/C19H14FN3O2S/c1-25-16-7-2-12-8-13(10-21)19(23-17(12)9-16)26-11-18(24)22-15-5-3-14(20)4-6-15/h2-9H,11H2,1H3,(H,22,24). The van der Waals surface area contributed by atoms with Crippen LogP contribution in [0.15, 0.2) is 53.6 Å². The lowest BCUT2D eigenvalue weighted by molar-refractivity contribution is -0.113. The van der Waals surface area contributed by atoms with Gasteiger partial charge in [-0.25, -0.2) is 9.37 Å². The summed E-state index contributed by atoms with van der Waals surface area (Å²) in [6.07, 6.45) is 0. The van der Waals surface area contributed by atoms with Gasteiger partial charge in [-0.1, -0.05) is 11.8 Å². The van der Waals surface area contributed by atoms with E-state index in [-0.39, 0.29) is 17.5 Å². The monoisotopic (exact) mass is 367 g/mol. The van der Waals surface area contributed by atoms with Crippen LogP contribution in [0.2, 0.25) is 0 Å². The molecule has 0 radical (unpaired) electrons. The molecule has 0 fully saturated rings. The molecule has 0 bridgehead atoms. The molecule has 3 rings (SSSR count). The summed E-state index contributed by atoms with van der Waals surface area (Å²) >= 11 is 1.17. The number of hydrogen-bond donors (Lipinski definition) is 1. The zero-order valence-corrected chi connectivity index (χ0v) is 14.6. The third kappa shape index (κ3) is 4.10. The van der Waals surface area contributed by atoms with Gasteiger partial charge in [0.15, 0.2) is 0 Å². The number of pyridine rings is 1. The maximum Gasteiger partial charge on any atom is 0.234 e. The second kappa shape index (κ2) is 7.85. The first-order valence-corrected chi connectivity index (χ1v) is 8.65. The summed E-state index contributed by atoms with van der Waals surface area (Å²) in [6, 6.07) is 14.8. The molecule has 0 unspecified atom stereocenters. The largest absolute Gasteiger partial charge is 0.497 e. The summed E-state index contributed by atoms with van der Waals surface area (Å²) < 4.78 is 18.1. The summed E-state index contributed by atoms with van der Waals surface area (Å²) in [7, 11) is 1.57. The van der Waals surface area contributed by atoms with Crippen LogP contribution < -0.4 is 10.1 Å². The molecule has 0 atom stereocenters. The number of methoxy groups -OCH3 is 1. The average Bonchev–Trinajstić information content (AvgIpc) is 2.66. The maximum atomic E-state index is 12.9. The molecule has 26 heavy (non-hydrogen) atoms. The normalized spacial score (nSPS) is 10.3. The van der Waals surface area contributed by atoms with Crippen molar-refractivity contribution >= 4 is 34.3 Å². The van der Waals surface area contributed by atoms with Crippen LogP contribution >= 0.6 is 11.8 Å². The lowest BCUT2D eigenvalue weighted by atomic mass is 10.1. The van der Waals surface area contributed by atoms with Crippen molar-refractivity contribution in [1.82, 2.24) is 4.98 Å². The SMILES string of the molecule is COc1ccc2cc(C#N)c(SCC(=O)Nc3ccc(F)cc3)nc2c1. The Labute approximate surface area is 153 Å². The van der Waals surface area contributed by atoms with Gasteiger partial charge in [0.2, 0.25) is 5.91 Å². The number of fused-ring (bicyclic) bond motifs is 1. The number of rotatable bonds is 5. The zero-order valence-electron chi connectivity index (χ0n) is 13.8. The first-order chi connectivity index (χ1) is 12.6. The van der Waals surface area contributed by atoms with E-state index in [9.17, 15) is 14.4 Å². The molecule has 0 aliphatic carbocycles. The molecular weight excluding hydrogens is 353 g/mol. The van der Waals surface area contributed by atoms with Crippen molar-refractivity contribution in [1.29, 1.82) is 5.26 Å². The summed E-state index contributed by atoms with van der Waals surface area (Å²) in [5.41, 5.74) is 1.60. The third-order valence-corrected chi connectivity index (χ3v) is 4.57. The molecule has 7 heteroatoms. The molecule has 1 aromatic heterocycles. The van der Waals surface area contributed by atoms with Crippen LogP contribution in [-0.4, -0.2) is 23.8 Å². The molecule has 0 saturated heterocycles. The topological polar surface area (TPSA) is 75.0 Å². The van der Waals surface area contributed by atoms with Gasteiger partial charge in [-0.3, -0.25) is 4.79 Å². The minimum Gasteiger partial charge on any atom is -0.497 e. The quantitative estimate of drug-likeness (QED) is 0.690. The van der Waals surface area contributed by atoms with Gasteiger partial charge in [-0.2, -0.15) is 5.26 Å². The van der Waals surface area contributed by atoms with E-state index >= 15 is 0 Å². The van der Waals surface area contributed by atoms with Gasteiger partial charge in [-0.05, 0) is 42.5 Å². The Morgan fingerprint density at radius 2 is 2.04 bits per heavy atom. The Bertz CT molecular complexity index is 1000. The third-order valence-electron chi connectivity index (χ3n) is 3.58. The highest BCUT2D eigenvalue weighted by atomic mass is 32.2. The Morgan fingerprint density at radius 1 is 1.27 bits per heavy atom. The number of ether oxygens (including phenoxy) is 1. The van der Waals surface area contributed by atoms with Crippen LogP contribution in [0, 0.1) is 17.1 Å². The van der Waals surface area contributed by atoms with Crippen LogP contribution in [0.1, 0.15) is 5.56 Å². The second-order valence-electron chi connectivity index (χ2n) is 5.36. The number of nitriles is 1. The van der Waals surface area contributed by atoms with Crippen LogP contribution in [0.25, 0.3) is 10.9 Å². The van der Waals surface area contributed by atoms with Gasteiger partial charge in [0, 0.05) is 17.1 Å². The van der Waals surface area contributed by atoms with Crippen LogP contribution in [0.4, 0.5) is 10.1 Å². The van der Waals surface area contributed by atoms with Gasteiger partial charge in [0.1, 0.15) is 22.7 Å². The van der Waals surface area contributed by atoms with Gasteiger partial charge >= 0.3 is 0 Å². The van der Waals surface area contributed by atoms with E-state index in [0.717, 1.165) is 5.39 Å². The average molecular weight is 367 g/mol. The van der Waals surface area contributed by atoms with E-state index in [1.807, 2.05) is 6.07 Å². The minimum absolute atomic E-state index is 0.0779. The second-order valence-corrected chi connectivity index (χ2v) is 6.32. The van der Waals surface area contributed by atoms with E-state index in [1.165, 1.54) is 36.0 Å². The first kappa shape index (κ1) is 17.7. The first-order valence-electron chi connectivity index (χ1n) is 7.66. The predicted octanol–water partition coefficient (Wildman–Crippen LogP) is 3.98. The molecule has 1 amide bonds. The molecule has 0 saturated carbocycles. The van der Waals surface area contributed by atoms with Gasteiger partial charge in [0.25, 0.3) is 0 Å². The lowest BCUT2D eigenvalue weighted by Gasteiger charge is -2.08.